The van der Waals surface area contributed by atoms with Crippen molar-refractivity contribution < 1.29 is 4.74 Å². The van der Waals surface area contributed by atoms with Crippen LogP contribution in [0.25, 0.3) is 0 Å². The summed E-state index contributed by atoms with van der Waals surface area (Å²) in [5.74, 6) is 0. The van der Waals surface area contributed by atoms with E-state index in [9.17, 15) is 0 Å². The second kappa shape index (κ2) is 26.3. The van der Waals surface area contributed by atoms with Crippen LogP contribution < -0.4 is 0 Å². The van der Waals surface area contributed by atoms with Crippen molar-refractivity contribution in [3.63, 3.8) is 0 Å². The van der Waals surface area contributed by atoms with Crippen molar-refractivity contribution in [2.24, 2.45) is 0 Å². The van der Waals surface area contributed by atoms with Crippen LogP contribution in [0.1, 0.15) is 97.6 Å². The molecule has 0 bridgehead atoms. The van der Waals surface area contributed by atoms with E-state index in [4.69, 9.17) is 4.74 Å². The van der Waals surface area contributed by atoms with Gasteiger partial charge in [-0.2, -0.15) is 0 Å². The summed E-state index contributed by atoms with van der Waals surface area (Å²) in [6, 6.07) is 11.6. The van der Waals surface area contributed by atoms with Crippen molar-refractivity contribution in [1.29, 1.82) is 0 Å². The van der Waals surface area contributed by atoms with Crippen molar-refractivity contribution in [1.82, 2.24) is 19.6 Å². The van der Waals surface area contributed by atoms with E-state index in [1.165, 1.54) is 89.7 Å². The third kappa shape index (κ3) is 18.3. The lowest BCUT2D eigenvalue weighted by molar-refractivity contribution is 0.137. The fourth-order valence-corrected chi connectivity index (χ4v) is 4.81. The fraction of sp³-hybridized carbons (Fsp3) is 0.818. The molecule has 0 amide bonds. The first-order valence-corrected chi connectivity index (χ1v) is 15.9. The van der Waals surface area contributed by atoms with Gasteiger partial charge in [0.15, 0.2) is 0 Å². The van der Waals surface area contributed by atoms with Gasteiger partial charge in [0, 0.05) is 45.9 Å². The summed E-state index contributed by atoms with van der Waals surface area (Å²) in [6.45, 7) is 22.0. The van der Waals surface area contributed by atoms with E-state index in [-0.39, 0.29) is 0 Å². The molecule has 0 radical (unpaired) electrons. The van der Waals surface area contributed by atoms with Crippen molar-refractivity contribution >= 4 is 0 Å². The molecule has 0 spiro atoms. The van der Waals surface area contributed by atoms with Gasteiger partial charge in [-0.1, -0.05) is 97.1 Å². The number of benzene rings is 1. The minimum absolute atomic E-state index is 0.490. The van der Waals surface area contributed by atoms with Gasteiger partial charge in [-0.15, -0.1) is 0 Å². The van der Waals surface area contributed by atoms with Gasteiger partial charge in [-0.3, -0.25) is 9.80 Å². The zero-order chi connectivity index (χ0) is 28.4. The van der Waals surface area contributed by atoms with Crippen LogP contribution >= 0.6 is 0 Å². The molecular formula is C33H66N4O. The summed E-state index contributed by atoms with van der Waals surface area (Å²) in [5, 5.41) is 0. The zero-order valence-corrected chi connectivity index (χ0v) is 26.9. The average Bonchev–Trinajstić information content (AvgIpc) is 3.20. The number of methoxy groups -OCH3 is 1. The maximum atomic E-state index is 5.28. The summed E-state index contributed by atoms with van der Waals surface area (Å²) >= 11 is 0. The molecule has 0 N–H and O–H groups in total. The second-order valence-electron chi connectivity index (χ2n) is 10.6. The minimum atomic E-state index is 0.490. The summed E-state index contributed by atoms with van der Waals surface area (Å²) < 4.78 is 5.28. The van der Waals surface area contributed by atoms with Gasteiger partial charge in [-0.05, 0) is 65.1 Å². The molecule has 5 nitrogen and oxygen atoms in total. The number of likely N-dealkylation sites (N-methyl/N-ethyl adjacent to an activating group) is 1. The first kappa shape index (κ1) is 37.0. The van der Waals surface area contributed by atoms with Crippen LogP contribution in [0.5, 0.6) is 0 Å². The zero-order valence-electron chi connectivity index (χ0n) is 26.9. The lowest BCUT2D eigenvalue weighted by Crippen LogP contribution is -2.39. The molecule has 1 atom stereocenters. The third-order valence-corrected chi connectivity index (χ3v) is 7.42. The number of hydrogen-bond donors (Lipinski definition) is 0. The van der Waals surface area contributed by atoms with Crippen molar-refractivity contribution in [3.05, 3.63) is 35.9 Å². The molecule has 224 valence electrons. The van der Waals surface area contributed by atoms with Crippen LogP contribution in [0.3, 0.4) is 0 Å². The molecule has 0 saturated carbocycles. The molecule has 1 aliphatic heterocycles. The minimum Gasteiger partial charge on any atom is -0.383 e. The Balaban J connectivity index is 0.00000117. The van der Waals surface area contributed by atoms with Crippen molar-refractivity contribution in [2.75, 3.05) is 86.7 Å². The Bertz CT molecular complexity index is 600. The number of nitrogens with zero attached hydrogens (tertiary/aromatic N) is 4. The second-order valence-corrected chi connectivity index (χ2v) is 10.6. The van der Waals surface area contributed by atoms with Crippen LogP contribution in [-0.2, 0) is 4.74 Å². The van der Waals surface area contributed by atoms with Gasteiger partial charge in [-0.25, -0.2) is 0 Å². The van der Waals surface area contributed by atoms with Gasteiger partial charge >= 0.3 is 0 Å². The van der Waals surface area contributed by atoms with Crippen LogP contribution in [0, 0.1) is 0 Å². The number of unbranched alkanes of at least 4 members (excludes halogenated alkanes) is 5. The van der Waals surface area contributed by atoms with E-state index in [1.54, 1.807) is 7.11 Å². The standard InChI is InChI=1S/C24H43N3O.C7H17N.C2H6/c1-4-5-6-7-11-15-25(2)22-24(23-13-9-8-10-14-23)27-17-12-16-26(18-19-27)20-21-28-3;1-4-6-7-8(3)5-2;1-2/h8-10,13-14,24H,4-7,11-12,15-22H2,1-3H3;4-7H2,1-3H3;1-2H3. The highest BCUT2D eigenvalue weighted by atomic mass is 16.5. The lowest BCUT2D eigenvalue weighted by atomic mass is 10.0. The number of rotatable bonds is 17. The largest absolute Gasteiger partial charge is 0.383 e. The molecular weight excluding hydrogens is 468 g/mol. The molecule has 38 heavy (non-hydrogen) atoms. The van der Waals surface area contributed by atoms with E-state index in [0.717, 1.165) is 32.8 Å². The topological polar surface area (TPSA) is 22.2 Å². The summed E-state index contributed by atoms with van der Waals surface area (Å²) in [5.41, 5.74) is 1.46. The third-order valence-electron chi connectivity index (χ3n) is 7.42. The smallest absolute Gasteiger partial charge is 0.0589 e. The predicted octanol–water partition coefficient (Wildman–Crippen LogP) is 7.05. The van der Waals surface area contributed by atoms with Crippen molar-refractivity contribution in [2.45, 2.75) is 92.0 Å². The molecule has 5 heteroatoms. The fourth-order valence-electron chi connectivity index (χ4n) is 4.81. The van der Waals surface area contributed by atoms with E-state index >= 15 is 0 Å². The molecule has 1 fully saturated rings. The quantitative estimate of drug-likeness (QED) is 0.199. The Morgan fingerprint density at radius 3 is 2.08 bits per heavy atom. The first-order valence-electron chi connectivity index (χ1n) is 15.9. The van der Waals surface area contributed by atoms with E-state index in [0.29, 0.717) is 6.04 Å². The lowest BCUT2D eigenvalue weighted by Gasteiger charge is -2.34. The predicted molar refractivity (Wildman–Crippen MR) is 169 cm³/mol. The maximum Gasteiger partial charge on any atom is 0.0589 e. The molecule has 1 saturated heterocycles. The van der Waals surface area contributed by atoms with Crippen LogP contribution in [0.2, 0.25) is 0 Å². The van der Waals surface area contributed by atoms with Crippen LogP contribution in [0.15, 0.2) is 30.3 Å². The van der Waals surface area contributed by atoms with Crippen LogP contribution in [-0.4, -0.2) is 106 Å². The summed E-state index contributed by atoms with van der Waals surface area (Å²) in [7, 11) is 6.27. The summed E-state index contributed by atoms with van der Waals surface area (Å²) in [6.07, 6.45) is 10.7. The SMILES string of the molecule is CC.CCCCCCCN(C)CC(c1ccccc1)N1CCCN(CCOC)CC1.CCCCN(C)CC. The Morgan fingerprint density at radius 1 is 0.789 bits per heavy atom. The van der Waals surface area contributed by atoms with Gasteiger partial charge < -0.3 is 14.5 Å². The highest BCUT2D eigenvalue weighted by Crippen LogP contribution is 2.23. The van der Waals surface area contributed by atoms with Gasteiger partial charge in [0.25, 0.3) is 0 Å². The van der Waals surface area contributed by atoms with Crippen molar-refractivity contribution in [3.8, 4) is 0 Å². The Kier molecular flexibility index (Phi) is 25.6. The molecule has 1 aliphatic rings. The van der Waals surface area contributed by atoms with Crippen LogP contribution in [0.4, 0.5) is 0 Å². The molecule has 1 unspecified atom stereocenters. The molecule has 0 aromatic heterocycles. The van der Waals surface area contributed by atoms with E-state index in [2.05, 4.69) is 84.8 Å². The highest BCUT2D eigenvalue weighted by Gasteiger charge is 2.24. The van der Waals surface area contributed by atoms with E-state index < -0.39 is 0 Å². The highest BCUT2D eigenvalue weighted by molar-refractivity contribution is 5.19. The normalized spacial score (nSPS) is 15.4. The molecule has 1 aromatic carbocycles. The van der Waals surface area contributed by atoms with Gasteiger partial charge in [0.1, 0.15) is 0 Å². The first-order chi connectivity index (χ1) is 18.5. The van der Waals surface area contributed by atoms with E-state index in [1.807, 2.05) is 13.8 Å². The van der Waals surface area contributed by atoms with Gasteiger partial charge in [0.2, 0.25) is 0 Å². The molecule has 2 rings (SSSR count). The average molecular weight is 535 g/mol. The summed E-state index contributed by atoms with van der Waals surface area (Å²) in [4.78, 5) is 10.2. The Morgan fingerprint density at radius 2 is 1.45 bits per heavy atom. The Labute approximate surface area is 238 Å². The number of ether oxygens (including phenoxy) is 1. The van der Waals surface area contributed by atoms with Gasteiger partial charge in [0.05, 0.1) is 6.61 Å². The maximum absolute atomic E-state index is 5.28. The Hall–Kier alpha value is -0.980. The number of hydrogen-bond acceptors (Lipinski definition) is 5. The monoisotopic (exact) mass is 535 g/mol. The molecule has 1 heterocycles. The molecule has 1 aromatic rings. The molecule has 0 aliphatic carbocycles.